The van der Waals surface area contributed by atoms with Gasteiger partial charge in [-0.2, -0.15) is 0 Å². The van der Waals surface area contributed by atoms with E-state index in [0.29, 0.717) is 17.2 Å². The quantitative estimate of drug-likeness (QED) is 0.914. The van der Waals surface area contributed by atoms with Crippen molar-refractivity contribution >= 4 is 5.69 Å². The van der Waals surface area contributed by atoms with Gasteiger partial charge in [0.15, 0.2) is 11.5 Å². The van der Waals surface area contributed by atoms with Crippen LogP contribution in [0, 0.1) is 11.6 Å². The lowest BCUT2D eigenvalue weighted by atomic mass is 10.2. The molecule has 1 heterocycles. The van der Waals surface area contributed by atoms with Crippen molar-refractivity contribution in [3.63, 3.8) is 0 Å². The third-order valence-corrected chi connectivity index (χ3v) is 2.74. The van der Waals surface area contributed by atoms with Crippen LogP contribution in [-0.4, -0.2) is 19.2 Å². The number of anilines is 1. The molecule has 1 N–H and O–H groups in total. The van der Waals surface area contributed by atoms with Crippen molar-refractivity contribution in [1.82, 2.24) is 4.98 Å². The first kappa shape index (κ1) is 14.0. The summed E-state index contributed by atoms with van der Waals surface area (Å²) in [5.74, 6) is -0.0638. The van der Waals surface area contributed by atoms with Crippen LogP contribution in [0.25, 0.3) is 0 Å². The summed E-state index contributed by atoms with van der Waals surface area (Å²) in [5.41, 5.74) is 0.604. The zero-order chi connectivity index (χ0) is 14.5. The Morgan fingerprint density at radius 1 is 1.15 bits per heavy atom. The van der Waals surface area contributed by atoms with Crippen LogP contribution < -0.4 is 14.8 Å². The number of aromatic nitrogens is 1. The standard InChI is InChI=1S/C14H14F2N2O2/c1-19-13-5-6-17-12(14(13)20-2)8-18-11-7-9(15)3-4-10(11)16/h3-7,18H,8H2,1-2H3. The summed E-state index contributed by atoms with van der Waals surface area (Å²) in [6.45, 7) is 0.181. The van der Waals surface area contributed by atoms with Gasteiger partial charge in [0.1, 0.15) is 17.3 Å². The monoisotopic (exact) mass is 280 g/mol. The molecule has 1 aromatic heterocycles. The van der Waals surface area contributed by atoms with E-state index in [4.69, 9.17) is 9.47 Å². The lowest BCUT2D eigenvalue weighted by Gasteiger charge is -2.13. The van der Waals surface area contributed by atoms with Crippen molar-refractivity contribution in [2.75, 3.05) is 19.5 Å². The molecule has 0 spiro atoms. The molecule has 0 saturated carbocycles. The fourth-order valence-electron chi connectivity index (χ4n) is 1.79. The fraction of sp³-hybridized carbons (Fsp3) is 0.214. The summed E-state index contributed by atoms with van der Waals surface area (Å²) in [6.07, 6.45) is 1.56. The summed E-state index contributed by atoms with van der Waals surface area (Å²) in [7, 11) is 3.01. The van der Waals surface area contributed by atoms with Crippen LogP contribution in [0.15, 0.2) is 30.5 Å². The number of methoxy groups -OCH3 is 2. The number of nitrogens with one attached hydrogen (secondary N) is 1. The fourth-order valence-corrected chi connectivity index (χ4v) is 1.79. The summed E-state index contributed by atoms with van der Waals surface area (Å²) in [5, 5.41) is 2.78. The summed E-state index contributed by atoms with van der Waals surface area (Å²) < 4.78 is 36.9. The molecule has 1 aromatic carbocycles. The van der Waals surface area contributed by atoms with Crippen LogP contribution in [0.3, 0.4) is 0 Å². The number of rotatable bonds is 5. The van der Waals surface area contributed by atoms with Gasteiger partial charge in [0.25, 0.3) is 0 Å². The molecule has 20 heavy (non-hydrogen) atoms. The number of hydrogen-bond donors (Lipinski definition) is 1. The number of ether oxygens (including phenoxy) is 2. The minimum Gasteiger partial charge on any atom is -0.493 e. The van der Waals surface area contributed by atoms with Crippen LogP contribution >= 0.6 is 0 Å². The Kier molecular flexibility index (Phi) is 4.34. The zero-order valence-electron chi connectivity index (χ0n) is 11.1. The van der Waals surface area contributed by atoms with Gasteiger partial charge in [-0.25, -0.2) is 8.78 Å². The predicted molar refractivity (Wildman–Crippen MR) is 71.0 cm³/mol. The minimum absolute atomic E-state index is 0.0664. The van der Waals surface area contributed by atoms with Crippen molar-refractivity contribution in [2.24, 2.45) is 0 Å². The normalized spacial score (nSPS) is 10.2. The van der Waals surface area contributed by atoms with Crippen molar-refractivity contribution in [3.05, 3.63) is 47.8 Å². The highest BCUT2D eigenvalue weighted by Crippen LogP contribution is 2.29. The minimum atomic E-state index is -0.534. The van der Waals surface area contributed by atoms with E-state index < -0.39 is 11.6 Å². The van der Waals surface area contributed by atoms with Gasteiger partial charge in [-0.1, -0.05) is 0 Å². The molecule has 0 bridgehead atoms. The maximum absolute atomic E-state index is 13.5. The van der Waals surface area contributed by atoms with Crippen molar-refractivity contribution in [2.45, 2.75) is 6.54 Å². The third kappa shape index (κ3) is 2.96. The van der Waals surface area contributed by atoms with Gasteiger partial charge in [-0.3, -0.25) is 4.98 Å². The van der Waals surface area contributed by atoms with Gasteiger partial charge in [0.2, 0.25) is 0 Å². The molecule has 6 heteroatoms. The Morgan fingerprint density at radius 3 is 2.65 bits per heavy atom. The zero-order valence-corrected chi connectivity index (χ0v) is 11.1. The Balaban J connectivity index is 2.20. The number of pyridine rings is 1. The number of benzene rings is 1. The molecule has 0 unspecified atom stereocenters. The molecule has 0 radical (unpaired) electrons. The SMILES string of the molecule is COc1ccnc(CNc2cc(F)ccc2F)c1OC. The topological polar surface area (TPSA) is 43.4 Å². The Morgan fingerprint density at radius 2 is 1.95 bits per heavy atom. The van der Waals surface area contributed by atoms with Gasteiger partial charge in [0, 0.05) is 12.3 Å². The van der Waals surface area contributed by atoms with Crippen LogP contribution in [0.4, 0.5) is 14.5 Å². The molecule has 0 aliphatic rings. The van der Waals surface area contributed by atoms with E-state index in [2.05, 4.69) is 10.3 Å². The lowest BCUT2D eigenvalue weighted by Crippen LogP contribution is -2.06. The number of hydrogen-bond acceptors (Lipinski definition) is 4. The Bertz CT molecular complexity index is 606. The lowest BCUT2D eigenvalue weighted by molar-refractivity contribution is 0.350. The van der Waals surface area contributed by atoms with E-state index in [1.807, 2.05) is 0 Å². The van der Waals surface area contributed by atoms with Gasteiger partial charge in [-0.05, 0) is 18.2 Å². The van der Waals surface area contributed by atoms with Crippen molar-refractivity contribution < 1.29 is 18.3 Å². The molecular weight excluding hydrogens is 266 g/mol. The molecule has 106 valence electrons. The first-order chi connectivity index (χ1) is 9.65. The first-order valence-electron chi connectivity index (χ1n) is 5.90. The average molecular weight is 280 g/mol. The highest BCUT2D eigenvalue weighted by Gasteiger charge is 2.11. The summed E-state index contributed by atoms with van der Waals surface area (Å²) in [4.78, 5) is 4.14. The largest absolute Gasteiger partial charge is 0.493 e. The maximum Gasteiger partial charge on any atom is 0.184 e. The molecular formula is C14H14F2N2O2. The van der Waals surface area contributed by atoms with E-state index in [9.17, 15) is 8.78 Å². The highest BCUT2D eigenvalue weighted by molar-refractivity contribution is 5.48. The Hall–Kier alpha value is -2.37. The van der Waals surface area contributed by atoms with Crippen molar-refractivity contribution in [3.8, 4) is 11.5 Å². The van der Waals surface area contributed by atoms with E-state index >= 15 is 0 Å². The molecule has 0 amide bonds. The van der Waals surface area contributed by atoms with Crippen LogP contribution in [0.5, 0.6) is 11.5 Å². The second kappa shape index (κ2) is 6.18. The van der Waals surface area contributed by atoms with Crippen LogP contribution in [0.1, 0.15) is 5.69 Å². The van der Waals surface area contributed by atoms with E-state index in [1.165, 1.54) is 14.2 Å². The number of halogens is 2. The Labute approximate surface area is 115 Å². The van der Waals surface area contributed by atoms with Gasteiger partial charge >= 0.3 is 0 Å². The summed E-state index contributed by atoms with van der Waals surface area (Å²) >= 11 is 0. The van der Waals surface area contributed by atoms with Crippen LogP contribution in [0.2, 0.25) is 0 Å². The molecule has 4 nitrogen and oxygen atoms in total. The summed E-state index contributed by atoms with van der Waals surface area (Å²) in [6, 6.07) is 4.87. The molecule has 2 aromatic rings. The van der Waals surface area contributed by atoms with E-state index in [0.717, 1.165) is 18.2 Å². The van der Waals surface area contributed by atoms with Crippen LogP contribution in [-0.2, 0) is 6.54 Å². The molecule has 0 saturated heterocycles. The second-order valence-corrected chi connectivity index (χ2v) is 3.97. The molecule has 0 fully saturated rings. The highest BCUT2D eigenvalue weighted by atomic mass is 19.1. The van der Waals surface area contributed by atoms with E-state index in [1.54, 1.807) is 12.3 Å². The molecule has 0 aliphatic carbocycles. The van der Waals surface area contributed by atoms with Gasteiger partial charge in [0.05, 0.1) is 26.5 Å². The first-order valence-corrected chi connectivity index (χ1v) is 5.90. The molecule has 2 rings (SSSR count). The smallest absolute Gasteiger partial charge is 0.184 e. The molecule has 0 atom stereocenters. The van der Waals surface area contributed by atoms with Gasteiger partial charge < -0.3 is 14.8 Å². The second-order valence-electron chi connectivity index (χ2n) is 3.97. The maximum atomic E-state index is 13.5. The average Bonchev–Trinajstić information content (AvgIpc) is 2.47. The van der Waals surface area contributed by atoms with Gasteiger partial charge in [-0.15, -0.1) is 0 Å². The van der Waals surface area contributed by atoms with E-state index in [-0.39, 0.29) is 12.2 Å². The molecule has 0 aliphatic heterocycles. The third-order valence-electron chi connectivity index (χ3n) is 2.74. The predicted octanol–water partition coefficient (Wildman–Crippen LogP) is 2.99. The number of nitrogens with zero attached hydrogens (tertiary/aromatic N) is 1. The van der Waals surface area contributed by atoms with Crippen molar-refractivity contribution in [1.29, 1.82) is 0 Å².